The lowest BCUT2D eigenvalue weighted by atomic mass is 10.2. The second-order valence-electron chi connectivity index (χ2n) is 5.69. The lowest BCUT2D eigenvalue weighted by Gasteiger charge is -2.06. The molecule has 0 fully saturated rings. The van der Waals surface area contributed by atoms with Crippen molar-refractivity contribution >= 4 is 6.09 Å². The van der Waals surface area contributed by atoms with Crippen LogP contribution in [0.2, 0.25) is 0 Å². The third-order valence-electron chi connectivity index (χ3n) is 3.82. The lowest BCUT2D eigenvalue weighted by Crippen LogP contribution is -2.17. The molecule has 1 aromatic carbocycles. The molecule has 0 unspecified atom stereocenters. The van der Waals surface area contributed by atoms with E-state index in [0.29, 0.717) is 22.6 Å². The van der Waals surface area contributed by atoms with E-state index in [4.69, 9.17) is 15.0 Å². The Balaban J connectivity index is 1.76. The summed E-state index contributed by atoms with van der Waals surface area (Å²) in [5, 5.41) is 8.38. The van der Waals surface area contributed by atoms with E-state index in [0.717, 1.165) is 0 Å². The van der Waals surface area contributed by atoms with Gasteiger partial charge in [-0.2, -0.15) is 10.1 Å². The first-order valence-corrected chi connectivity index (χ1v) is 8.13. The Labute approximate surface area is 157 Å². The molecule has 9 nitrogen and oxygen atoms in total. The Bertz CT molecular complexity index is 1130. The molecular weight excluding hydrogens is 367 g/mol. The summed E-state index contributed by atoms with van der Waals surface area (Å²) in [6.07, 6.45) is 1.84. The summed E-state index contributed by atoms with van der Waals surface area (Å²) < 4.78 is 25.3. The molecule has 0 aliphatic rings. The quantitative estimate of drug-likeness (QED) is 0.565. The Kier molecular flexibility index (Phi) is 4.50. The van der Waals surface area contributed by atoms with Crippen LogP contribution in [-0.4, -0.2) is 31.0 Å². The van der Waals surface area contributed by atoms with Crippen LogP contribution < -0.4 is 10.5 Å². The highest BCUT2D eigenvalue weighted by Crippen LogP contribution is 2.25. The summed E-state index contributed by atoms with van der Waals surface area (Å²) in [6, 6.07) is 11.1. The number of carbonyl (C=O) groups excluding carboxylic acids is 1. The van der Waals surface area contributed by atoms with Crippen molar-refractivity contribution in [1.29, 1.82) is 0 Å². The second kappa shape index (κ2) is 7.27. The number of hydrogen-bond donors (Lipinski definition) is 1. The van der Waals surface area contributed by atoms with Gasteiger partial charge in [0.1, 0.15) is 23.5 Å². The van der Waals surface area contributed by atoms with Crippen LogP contribution >= 0.6 is 0 Å². The van der Waals surface area contributed by atoms with Gasteiger partial charge in [0.15, 0.2) is 5.82 Å². The van der Waals surface area contributed by atoms with Crippen LogP contribution in [0.3, 0.4) is 0 Å². The van der Waals surface area contributed by atoms with Gasteiger partial charge in [0, 0.05) is 23.9 Å². The largest absolute Gasteiger partial charge is 0.411 e. The molecule has 1 amide bonds. The van der Waals surface area contributed by atoms with Crippen LogP contribution in [0.5, 0.6) is 5.88 Å². The number of nitrogens with zero attached hydrogens (tertiary/aromatic N) is 5. The van der Waals surface area contributed by atoms with Gasteiger partial charge in [0.05, 0.1) is 12.2 Å². The molecule has 10 heteroatoms. The first-order valence-electron chi connectivity index (χ1n) is 8.13. The first-order chi connectivity index (χ1) is 13.6. The zero-order valence-electron chi connectivity index (χ0n) is 14.3. The molecule has 0 radical (unpaired) electrons. The minimum atomic E-state index is -0.988. The van der Waals surface area contributed by atoms with Crippen molar-refractivity contribution in [3.63, 3.8) is 0 Å². The normalized spacial score (nSPS) is 10.8. The summed E-state index contributed by atoms with van der Waals surface area (Å²) in [4.78, 5) is 19.2. The van der Waals surface area contributed by atoms with Crippen LogP contribution in [0.4, 0.5) is 9.18 Å². The van der Waals surface area contributed by atoms with E-state index in [1.807, 2.05) is 0 Å². The van der Waals surface area contributed by atoms with E-state index in [1.54, 1.807) is 35.0 Å². The third-order valence-corrected chi connectivity index (χ3v) is 3.82. The van der Waals surface area contributed by atoms with E-state index >= 15 is 0 Å². The van der Waals surface area contributed by atoms with Gasteiger partial charge in [0.25, 0.3) is 0 Å². The molecule has 0 saturated heterocycles. The Morgan fingerprint density at radius 2 is 2.07 bits per heavy atom. The Morgan fingerprint density at radius 1 is 1.21 bits per heavy atom. The van der Waals surface area contributed by atoms with E-state index in [-0.39, 0.29) is 24.1 Å². The van der Waals surface area contributed by atoms with Crippen LogP contribution in [0.25, 0.3) is 22.9 Å². The third kappa shape index (κ3) is 3.56. The van der Waals surface area contributed by atoms with Crippen molar-refractivity contribution in [2.45, 2.75) is 6.54 Å². The second-order valence-corrected chi connectivity index (χ2v) is 5.69. The molecule has 4 aromatic rings. The maximum absolute atomic E-state index is 14.1. The molecule has 0 aliphatic heterocycles. The lowest BCUT2D eigenvalue weighted by molar-refractivity contribution is 0.209. The maximum Gasteiger partial charge on any atom is 0.411 e. The maximum atomic E-state index is 14.1. The number of halogens is 1. The van der Waals surface area contributed by atoms with Gasteiger partial charge in [-0.15, -0.1) is 0 Å². The smallest absolute Gasteiger partial charge is 0.391 e. The monoisotopic (exact) mass is 380 g/mol. The molecule has 3 aromatic heterocycles. The topological polar surface area (TPSA) is 122 Å². The summed E-state index contributed by atoms with van der Waals surface area (Å²) in [5.41, 5.74) is 6.94. The standard InChI is InChI=1S/C18H13FN6O3/c19-12-4-2-1-3-11(12)10-25-15(13-6-8-27-24-13)9-14(23-25)17-21-7-5-16(22-17)28-18(20)26/h1-9H,10H2,(H2,20,26). The summed E-state index contributed by atoms with van der Waals surface area (Å²) in [5.74, 6) is -0.154. The number of aromatic nitrogens is 5. The zero-order valence-corrected chi connectivity index (χ0v) is 14.3. The predicted octanol–water partition coefficient (Wildman–Crippen LogP) is 2.64. The number of carbonyl (C=O) groups is 1. The first kappa shape index (κ1) is 17.3. The van der Waals surface area contributed by atoms with Gasteiger partial charge >= 0.3 is 6.09 Å². The highest BCUT2D eigenvalue weighted by Gasteiger charge is 2.17. The van der Waals surface area contributed by atoms with Gasteiger partial charge in [-0.3, -0.25) is 4.68 Å². The highest BCUT2D eigenvalue weighted by atomic mass is 19.1. The summed E-state index contributed by atoms with van der Waals surface area (Å²) >= 11 is 0. The zero-order chi connectivity index (χ0) is 19.5. The number of nitrogens with two attached hydrogens (primary N) is 1. The molecule has 3 heterocycles. The Morgan fingerprint density at radius 3 is 2.82 bits per heavy atom. The van der Waals surface area contributed by atoms with Crippen LogP contribution in [0, 0.1) is 5.82 Å². The van der Waals surface area contributed by atoms with Crippen LogP contribution in [-0.2, 0) is 6.54 Å². The van der Waals surface area contributed by atoms with Crippen molar-refractivity contribution in [2.24, 2.45) is 5.73 Å². The van der Waals surface area contributed by atoms with Gasteiger partial charge in [0.2, 0.25) is 5.88 Å². The van der Waals surface area contributed by atoms with E-state index in [9.17, 15) is 9.18 Å². The number of hydrogen-bond acceptors (Lipinski definition) is 7. The molecular formula is C18H13FN6O3. The van der Waals surface area contributed by atoms with Crippen molar-refractivity contribution in [3.05, 3.63) is 66.3 Å². The molecule has 2 N–H and O–H groups in total. The predicted molar refractivity (Wildman–Crippen MR) is 94.5 cm³/mol. The summed E-state index contributed by atoms with van der Waals surface area (Å²) in [7, 11) is 0. The van der Waals surface area contributed by atoms with Gasteiger partial charge in [-0.1, -0.05) is 23.4 Å². The van der Waals surface area contributed by atoms with Crippen molar-refractivity contribution in [2.75, 3.05) is 0 Å². The van der Waals surface area contributed by atoms with E-state index in [2.05, 4.69) is 20.2 Å². The highest BCUT2D eigenvalue weighted by molar-refractivity contribution is 5.68. The number of ether oxygens (including phenoxy) is 1. The van der Waals surface area contributed by atoms with Crippen LogP contribution in [0.1, 0.15) is 5.56 Å². The molecule has 0 atom stereocenters. The van der Waals surface area contributed by atoms with Crippen molar-refractivity contribution in [1.82, 2.24) is 24.9 Å². The van der Waals surface area contributed by atoms with Gasteiger partial charge < -0.3 is 15.0 Å². The molecule has 0 bridgehead atoms. The van der Waals surface area contributed by atoms with Crippen LogP contribution in [0.15, 0.2) is 59.4 Å². The Hall–Kier alpha value is -4.08. The van der Waals surface area contributed by atoms with Gasteiger partial charge in [-0.25, -0.2) is 14.2 Å². The average Bonchev–Trinajstić information content (AvgIpc) is 3.33. The minimum Gasteiger partial charge on any atom is -0.391 e. The molecule has 0 aliphatic carbocycles. The van der Waals surface area contributed by atoms with Crippen molar-refractivity contribution in [3.8, 4) is 28.8 Å². The number of amides is 1. The fourth-order valence-corrected chi connectivity index (χ4v) is 2.61. The van der Waals surface area contributed by atoms with Gasteiger partial charge in [-0.05, 0) is 12.1 Å². The number of primary amides is 1. The number of rotatable bonds is 5. The number of benzene rings is 1. The molecule has 4 rings (SSSR count). The van der Waals surface area contributed by atoms with E-state index < -0.39 is 6.09 Å². The minimum absolute atomic E-state index is 0.0101. The summed E-state index contributed by atoms with van der Waals surface area (Å²) in [6.45, 7) is 0.159. The van der Waals surface area contributed by atoms with Crippen molar-refractivity contribution < 1.29 is 18.4 Å². The SMILES string of the molecule is NC(=O)Oc1ccnc(-c2cc(-c3ccon3)n(Cc3ccccc3F)n2)n1. The average molecular weight is 380 g/mol. The fraction of sp³-hybridized carbons (Fsp3) is 0.0556. The fourth-order valence-electron chi connectivity index (χ4n) is 2.61. The molecule has 28 heavy (non-hydrogen) atoms. The van der Waals surface area contributed by atoms with E-state index in [1.165, 1.54) is 24.6 Å². The molecule has 0 spiro atoms. The molecule has 0 saturated carbocycles. The molecule has 140 valence electrons.